The van der Waals surface area contributed by atoms with Crippen molar-refractivity contribution in [3.8, 4) is 0 Å². The Kier molecular flexibility index (Phi) is 4.33. The van der Waals surface area contributed by atoms with Crippen molar-refractivity contribution in [3.63, 3.8) is 0 Å². The molecular weight excluding hydrogens is 258 g/mol. The molecule has 0 heterocycles. The van der Waals surface area contributed by atoms with Crippen molar-refractivity contribution in [2.75, 3.05) is 0 Å². The lowest BCUT2D eigenvalue weighted by Crippen LogP contribution is -2.41. The van der Waals surface area contributed by atoms with Crippen LogP contribution >= 0.6 is 0 Å². The minimum atomic E-state index is -0.560. The molecule has 2 rings (SSSR count). The first kappa shape index (κ1) is 15.5. The standard InChI is InChI=1S/C18H25N3/c1-12(2)15-6-4-5-14(11-19)16(15)18(17(20)21)9-7-13(3)8-10-18/h4-9,12H,10-11,19H2,1-3H3,(H3,20,21). The molecular formula is C18H25N3. The monoisotopic (exact) mass is 283 g/mol. The van der Waals surface area contributed by atoms with Crippen molar-refractivity contribution in [2.45, 2.75) is 45.1 Å². The average Bonchev–Trinajstić information content (AvgIpc) is 2.47. The minimum Gasteiger partial charge on any atom is -0.387 e. The predicted octanol–water partition coefficient (Wildman–Crippen LogP) is 3.35. The van der Waals surface area contributed by atoms with E-state index in [2.05, 4.69) is 45.1 Å². The lowest BCUT2D eigenvalue weighted by Gasteiger charge is -2.36. The van der Waals surface area contributed by atoms with Crippen LogP contribution in [0.25, 0.3) is 0 Å². The normalized spacial score (nSPS) is 21.5. The maximum absolute atomic E-state index is 8.21. The summed E-state index contributed by atoms with van der Waals surface area (Å²) in [6, 6.07) is 6.22. The number of amidine groups is 1. The Balaban J connectivity index is 2.72. The van der Waals surface area contributed by atoms with Gasteiger partial charge < -0.3 is 11.5 Å². The van der Waals surface area contributed by atoms with E-state index < -0.39 is 5.41 Å². The third-order valence-corrected chi connectivity index (χ3v) is 4.33. The van der Waals surface area contributed by atoms with Crippen molar-refractivity contribution in [1.82, 2.24) is 0 Å². The van der Waals surface area contributed by atoms with Crippen LogP contribution in [0.15, 0.2) is 42.0 Å². The lowest BCUT2D eigenvalue weighted by molar-refractivity contribution is 0.669. The van der Waals surface area contributed by atoms with Gasteiger partial charge in [0.25, 0.3) is 0 Å². The maximum atomic E-state index is 8.21. The van der Waals surface area contributed by atoms with Gasteiger partial charge in [-0.15, -0.1) is 0 Å². The zero-order valence-corrected chi connectivity index (χ0v) is 13.1. The fourth-order valence-corrected chi connectivity index (χ4v) is 3.07. The lowest BCUT2D eigenvalue weighted by atomic mass is 9.69. The summed E-state index contributed by atoms with van der Waals surface area (Å²) in [7, 11) is 0. The third-order valence-electron chi connectivity index (χ3n) is 4.33. The second-order valence-electron chi connectivity index (χ2n) is 6.11. The van der Waals surface area contributed by atoms with Gasteiger partial charge in [-0.3, -0.25) is 5.41 Å². The zero-order chi connectivity index (χ0) is 15.6. The van der Waals surface area contributed by atoms with Crippen molar-refractivity contribution in [2.24, 2.45) is 11.5 Å². The second kappa shape index (κ2) is 5.86. The average molecular weight is 283 g/mol. The Morgan fingerprint density at radius 3 is 2.57 bits per heavy atom. The molecule has 1 aliphatic carbocycles. The fourth-order valence-electron chi connectivity index (χ4n) is 3.07. The van der Waals surface area contributed by atoms with Gasteiger partial charge in [0.2, 0.25) is 0 Å². The van der Waals surface area contributed by atoms with Crippen LogP contribution in [0.1, 0.15) is 49.8 Å². The van der Waals surface area contributed by atoms with E-state index in [1.807, 2.05) is 12.1 Å². The van der Waals surface area contributed by atoms with E-state index in [-0.39, 0.29) is 5.84 Å². The number of hydrogen-bond acceptors (Lipinski definition) is 2. The summed E-state index contributed by atoms with van der Waals surface area (Å²) in [5, 5.41) is 8.21. The highest BCUT2D eigenvalue weighted by molar-refractivity contribution is 5.93. The van der Waals surface area contributed by atoms with Gasteiger partial charge in [0.1, 0.15) is 5.84 Å². The second-order valence-corrected chi connectivity index (χ2v) is 6.11. The van der Waals surface area contributed by atoms with Crippen LogP contribution in [-0.4, -0.2) is 5.84 Å². The van der Waals surface area contributed by atoms with E-state index in [1.54, 1.807) is 0 Å². The molecule has 0 radical (unpaired) electrons. The predicted molar refractivity (Wildman–Crippen MR) is 89.5 cm³/mol. The van der Waals surface area contributed by atoms with E-state index in [4.69, 9.17) is 16.9 Å². The number of rotatable bonds is 4. The summed E-state index contributed by atoms with van der Waals surface area (Å²) in [4.78, 5) is 0. The van der Waals surface area contributed by atoms with Gasteiger partial charge in [-0.25, -0.2) is 0 Å². The number of allylic oxidation sites excluding steroid dienone is 3. The summed E-state index contributed by atoms with van der Waals surface area (Å²) in [5.41, 5.74) is 16.1. The molecule has 0 fully saturated rings. The van der Waals surface area contributed by atoms with Crippen LogP contribution in [0.3, 0.4) is 0 Å². The Bertz CT molecular complexity index is 611. The van der Waals surface area contributed by atoms with E-state index >= 15 is 0 Å². The molecule has 0 saturated carbocycles. The van der Waals surface area contributed by atoms with Crippen LogP contribution < -0.4 is 11.5 Å². The minimum absolute atomic E-state index is 0.185. The van der Waals surface area contributed by atoms with Crippen LogP contribution in [0.4, 0.5) is 0 Å². The quantitative estimate of drug-likeness (QED) is 0.585. The van der Waals surface area contributed by atoms with Gasteiger partial charge in [0.15, 0.2) is 0 Å². The first-order valence-electron chi connectivity index (χ1n) is 7.45. The van der Waals surface area contributed by atoms with Crippen LogP contribution in [0.2, 0.25) is 0 Å². The van der Waals surface area contributed by atoms with Gasteiger partial charge in [0.05, 0.1) is 5.41 Å². The highest BCUT2D eigenvalue weighted by Crippen LogP contribution is 2.40. The number of nitrogens with one attached hydrogen (secondary N) is 1. The Labute approximate surface area is 127 Å². The Morgan fingerprint density at radius 1 is 1.38 bits per heavy atom. The van der Waals surface area contributed by atoms with Gasteiger partial charge in [-0.1, -0.05) is 55.8 Å². The molecule has 1 aromatic rings. The molecule has 0 aromatic heterocycles. The van der Waals surface area contributed by atoms with E-state index in [0.29, 0.717) is 12.5 Å². The van der Waals surface area contributed by atoms with Crippen molar-refractivity contribution in [1.29, 1.82) is 5.41 Å². The van der Waals surface area contributed by atoms with Crippen LogP contribution in [0.5, 0.6) is 0 Å². The first-order chi connectivity index (χ1) is 9.92. The molecule has 0 bridgehead atoms. The van der Waals surface area contributed by atoms with Crippen LogP contribution in [0, 0.1) is 5.41 Å². The number of nitrogens with two attached hydrogens (primary N) is 2. The summed E-state index contributed by atoms with van der Waals surface area (Å²) in [6.45, 7) is 6.86. The largest absolute Gasteiger partial charge is 0.387 e. The molecule has 21 heavy (non-hydrogen) atoms. The molecule has 1 aliphatic rings. The number of hydrogen-bond donors (Lipinski definition) is 3. The molecule has 1 unspecified atom stereocenters. The summed E-state index contributed by atoms with van der Waals surface area (Å²) in [6.07, 6.45) is 7.01. The van der Waals surface area contributed by atoms with Crippen molar-refractivity contribution in [3.05, 3.63) is 58.7 Å². The maximum Gasteiger partial charge on any atom is 0.106 e. The molecule has 0 amide bonds. The van der Waals surface area contributed by atoms with Crippen LogP contribution in [-0.2, 0) is 12.0 Å². The van der Waals surface area contributed by atoms with Gasteiger partial charge in [0, 0.05) is 6.54 Å². The SMILES string of the molecule is CC1=CCC(C(=N)N)(c2c(CN)cccc2C(C)C)C=C1. The summed E-state index contributed by atoms with van der Waals surface area (Å²) < 4.78 is 0. The molecule has 3 heteroatoms. The Morgan fingerprint density at radius 2 is 2.10 bits per heavy atom. The smallest absolute Gasteiger partial charge is 0.106 e. The van der Waals surface area contributed by atoms with E-state index in [1.165, 1.54) is 11.1 Å². The molecule has 1 atom stereocenters. The highest BCUT2D eigenvalue weighted by atomic mass is 14.8. The molecule has 0 spiro atoms. The molecule has 5 N–H and O–H groups in total. The Hall–Kier alpha value is -1.87. The van der Waals surface area contributed by atoms with Crippen molar-refractivity contribution < 1.29 is 0 Å². The zero-order valence-electron chi connectivity index (χ0n) is 13.1. The van der Waals surface area contributed by atoms with E-state index in [9.17, 15) is 0 Å². The van der Waals surface area contributed by atoms with Crippen molar-refractivity contribution >= 4 is 5.84 Å². The molecule has 0 saturated heterocycles. The topological polar surface area (TPSA) is 75.9 Å². The fraction of sp³-hybridized carbons (Fsp3) is 0.389. The molecule has 112 valence electrons. The number of benzene rings is 1. The molecule has 1 aromatic carbocycles. The third kappa shape index (κ3) is 2.66. The van der Waals surface area contributed by atoms with Gasteiger partial charge >= 0.3 is 0 Å². The summed E-state index contributed by atoms with van der Waals surface area (Å²) >= 11 is 0. The van der Waals surface area contributed by atoms with Gasteiger partial charge in [-0.05, 0) is 36.0 Å². The molecule has 3 nitrogen and oxygen atoms in total. The van der Waals surface area contributed by atoms with E-state index in [0.717, 1.165) is 17.5 Å². The summed E-state index contributed by atoms with van der Waals surface area (Å²) in [5.74, 6) is 0.549. The van der Waals surface area contributed by atoms with Gasteiger partial charge in [-0.2, -0.15) is 0 Å². The first-order valence-corrected chi connectivity index (χ1v) is 7.45. The highest BCUT2D eigenvalue weighted by Gasteiger charge is 2.37. The molecule has 0 aliphatic heterocycles.